The molecule has 1 aliphatic rings. The highest BCUT2D eigenvalue weighted by Gasteiger charge is 2.18. The van der Waals surface area contributed by atoms with Gasteiger partial charge in [-0.15, -0.1) is 23.5 Å². The largest absolute Gasteiger partial charge is 0.276 e. The van der Waals surface area contributed by atoms with Gasteiger partial charge in [0.2, 0.25) is 5.91 Å². The van der Waals surface area contributed by atoms with Crippen LogP contribution in [0.3, 0.4) is 0 Å². The van der Waals surface area contributed by atoms with E-state index in [2.05, 4.69) is 4.98 Å². The van der Waals surface area contributed by atoms with E-state index in [0.29, 0.717) is 11.0 Å². The molecule has 14 heavy (non-hydrogen) atoms. The van der Waals surface area contributed by atoms with E-state index in [-0.39, 0.29) is 5.91 Å². The number of carbonyl (C=O) groups is 1. The van der Waals surface area contributed by atoms with Crippen LogP contribution < -0.4 is 0 Å². The molecule has 0 N–H and O–H groups in total. The van der Waals surface area contributed by atoms with Gasteiger partial charge in [0.15, 0.2) is 0 Å². The fraction of sp³-hybridized carbons (Fsp3) is 0.556. The van der Waals surface area contributed by atoms with Gasteiger partial charge in [-0.3, -0.25) is 9.36 Å². The summed E-state index contributed by atoms with van der Waals surface area (Å²) in [4.78, 5) is 15.5. The van der Waals surface area contributed by atoms with Crippen molar-refractivity contribution in [1.29, 1.82) is 0 Å². The SMILES string of the molecule is O=C(CC1SCCCS1)n1ccnc1. The van der Waals surface area contributed by atoms with Crippen LogP contribution in [0, 0.1) is 0 Å². The number of nitrogens with zero attached hydrogens (tertiary/aromatic N) is 2. The molecule has 1 saturated heterocycles. The minimum atomic E-state index is 0.148. The molecule has 0 aromatic carbocycles. The summed E-state index contributed by atoms with van der Waals surface area (Å²) in [5.74, 6) is 2.53. The van der Waals surface area contributed by atoms with Crippen molar-refractivity contribution in [2.45, 2.75) is 17.4 Å². The molecule has 0 unspecified atom stereocenters. The summed E-state index contributed by atoms with van der Waals surface area (Å²) in [7, 11) is 0. The van der Waals surface area contributed by atoms with Gasteiger partial charge in [-0.1, -0.05) is 0 Å². The number of hydrogen-bond acceptors (Lipinski definition) is 4. The second-order valence-electron chi connectivity index (χ2n) is 3.09. The van der Waals surface area contributed by atoms with E-state index in [1.54, 1.807) is 23.3 Å². The molecule has 1 aromatic rings. The Bertz CT molecular complexity index is 294. The smallest absolute Gasteiger partial charge is 0.233 e. The maximum atomic E-state index is 11.7. The van der Waals surface area contributed by atoms with E-state index in [9.17, 15) is 4.79 Å². The Morgan fingerprint density at radius 1 is 1.50 bits per heavy atom. The first-order valence-corrected chi connectivity index (χ1v) is 6.70. The maximum absolute atomic E-state index is 11.7. The van der Waals surface area contributed by atoms with Crippen LogP contribution in [-0.4, -0.2) is 31.5 Å². The highest BCUT2D eigenvalue weighted by molar-refractivity contribution is 8.17. The van der Waals surface area contributed by atoms with E-state index < -0.39 is 0 Å². The standard InChI is InChI=1S/C9H12N2OS2/c12-8(11-3-2-10-7-11)6-9-13-4-1-5-14-9/h2-3,7,9H,1,4-6H2. The summed E-state index contributed by atoms with van der Waals surface area (Å²) in [5, 5.41) is 0. The second kappa shape index (κ2) is 4.89. The molecule has 5 heteroatoms. The van der Waals surface area contributed by atoms with Gasteiger partial charge in [-0.2, -0.15) is 0 Å². The predicted molar refractivity (Wildman–Crippen MR) is 60.8 cm³/mol. The number of thioether (sulfide) groups is 2. The van der Waals surface area contributed by atoms with Crippen LogP contribution in [0.2, 0.25) is 0 Å². The van der Waals surface area contributed by atoms with Gasteiger partial charge in [-0.25, -0.2) is 4.98 Å². The van der Waals surface area contributed by atoms with Crippen LogP contribution in [0.4, 0.5) is 0 Å². The van der Waals surface area contributed by atoms with E-state index in [4.69, 9.17) is 0 Å². The molecule has 0 spiro atoms. The molecule has 76 valence electrons. The van der Waals surface area contributed by atoms with Gasteiger partial charge in [0, 0.05) is 18.8 Å². The summed E-state index contributed by atoms with van der Waals surface area (Å²) >= 11 is 3.79. The van der Waals surface area contributed by atoms with E-state index in [1.165, 1.54) is 17.9 Å². The lowest BCUT2D eigenvalue weighted by Crippen LogP contribution is -2.16. The van der Waals surface area contributed by atoms with Crippen LogP contribution in [0.25, 0.3) is 0 Å². The summed E-state index contributed by atoms with van der Waals surface area (Å²) in [6.45, 7) is 0. The zero-order valence-electron chi connectivity index (χ0n) is 7.76. The highest BCUT2D eigenvalue weighted by atomic mass is 32.2. The minimum Gasteiger partial charge on any atom is -0.276 e. The molecule has 2 heterocycles. The topological polar surface area (TPSA) is 34.9 Å². The molecule has 0 bridgehead atoms. The van der Waals surface area contributed by atoms with Crippen molar-refractivity contribution in [2.24, 2.45) is 0 Å². The number of hydrogen-bond donors (Lipinski definition) is 0. The summed E-state index contributed by atoms with van der Waals surface area (Å²) in [6.07, 6.45) is 6.80. The summed E-state index contributed by atoms with van der Waals surface area (Å²) in [5.41, 5.74) is 0. The molecule has 1 aliphatic heterocycles. The Morgan fingerprint density at radius 2 is 2.29 bits per heavy atom. The Morgan fingerprint density at radius 3 is 2.93 bits per heavy atom. The molecule has 0 aliphatic carbocycles. The monoisotopic (exact) mass is 228 g/mol. The van der Waals surface area contributed by atoms with E-state index >= 15 is 0 Å². The van der Waals surface area contributed by atoms with Gasteiger partial charge in [0.05, 0.1) is 4.58 Å². The maximum Gasteiger partial charge on any atom is 0.233 e. The molecule has 0 amide bonds. The Kier molecular flexibility index (Phi) is 3.53. The molecule has 2 rings (SSSR count). The Balaban J connectivity index is 1.87. The quantitative estimate of drug-likeness (QED) is 0.776. The van der Waals surface area contributed by atoms with Crippen LogP contribution in [0.5, 0.6) is 0 Å². The molecule has 0 atom stereocenters. The first-order valence-electron chi connectivity index (χ1n) is 4.60. The molecule has 1 fully saturated rings. The van der Waals surface area contributed by atoms with Crippen molar-refractivity contribution in [3.8, 4) is 0 Å². The summed E-state index contributed by atoms with van der Waals surface area (Å²) in [6, 6.07) is 0. The van der Waals surface area contributed by atoms with Crippen molar-refractivity contribution in [3.63, 3.8) is 0 Å². The third-order valence-electron chi connectivity index (χ3n) is 2.03. The fourth-order valence-electron chi connectivity index (χ4n) is 1.31. The van der Waals surface area contributed by atoms with E-state index in [1.807, 2.05) is 23.5 Å². The van der Waals surface area contributed by atoms with Crippen LogP contribution in [0.1, 0.15) is 17.6 Å². The van der Waals surface area contributed by atoms with Crippen molar-refractivity contribution < 1.29 is 4.79 Å². The lowest BCUT2D eigenvalue weighted by molar-refractivity contribution is 0.0908. The summed E-state index contributed by atoms with van der Waals surface area (Å²) < 4.78 is 2.01. The zero-order chi connectivity index (χ0) is 9.80. The molecule has 0 radical (unpaired) electrons. The fourth-order valence-corrected chi connectivity index (χ4v) is 4.12. The average molecular weight is 228 g/mol. The van der Waals surface area contributed by atoms with Crippen LogP contribution in [-0.2, 0) is 0 Å². The van der Waals surface area contributed by atoms with E-state index in [0.717, 1.165) is 0 Å². The normalized spacial score (nSPS) is 18.3. The highest BCUT2D eigenvalue weighted by Crippen LogP contribution is 2.32. The second-order valence-corrected chi connectivity index (χ2v) is 6.01. The third kappa shape index (κ3) is 2.54. The molecular weight excluding hydrogens is 216 g/mol. The van der Waals surface area contributed by atoms with Crippen molar-refractivity contribution in [1.82, 2.24) is 9.55 Å². The lowest BCUT2D eigenvalue weighted by Gasteiger charge is -2.19. The predicted octanol–water partition coefficient (Wildman–Crippen LogP) is 2.11. The minimum absolute atomic E-state index is 0.148. The van der Waals surface area contributed by atoms with Gasteiger partial charge in [0.1, 0.15) is 6.33 Å². The Hall–Kier alpha value is -0.420. The van der Waals surface area contributed by atoms with Gasteiger partial charge >= 0.3 is 0 Å². The molecule has 0 saturated carbocycles. The van der Waals surface area contributed by atoms with Gasteiger partial charge in [0.25, 0.3) is 0 Å². The molecule has 1 aromatic heterocycles. The third-order valence-corrected chi connectivity index (χ3v) is 4.97. The van der Waals surface area contributed by atoms with Gasteiger partial charge in [-0.05, 0) is 17.9 Å². The number of rotatable bonds is 2. The Labute approximate surface area is 91.7 Å². The average Bonchev–Trinajstić information content (AvgIpc) is 2.72. The molecule has 3 nitrogen and oxygen atoms in total. The first kappa shape index (κ1) is 10.1. The van der Waals surface area contributed by atoms with Gasteiger partial charge < -0.3 is 0 Å². The van der Waals surface area contributed by atoms with Crippen molar-refractivity contribution in [2.75, 3.05) is 11.5 Å². The van der Waals surface area contributed by atoms with Crippen molar-refractivity contribution >= 4 is 29.4 Å². The van der Waals surface area contributed by atoms with Crippen molar-refractivity contribution in [3.05, 3.63) is 18.7 Å². The van der Waals surface area contributed by atoms with Crippen LogP contribution in [0.15, 0.2) is 18.7 Å². The zero-order valence-corrected chi connectivity index (χ0v) is 9.39. The molecular formula is C9H12N2OS2. The number of carbonyl (C=O) groups excluding carboxylic acids is 1. The number of imidazole rings is 1. The first-order chi connectivity index (χ1) is 6.86. The lowest BCUT2D eigenvalue weighted by atomic mass is 10.4. The van der Waals surface area contributed by atoms with Crippen LogP contribution >= 0.6 is 23.5 Å². The number of aromatic nitrogens is 2.